The Bertz CT molecular complexity index is 1010. The molecule has 8 nitrogen and oxygen atoms in total. The average molecular weight is 455 g/mol. The molecule has 0 saturated heterocycles. The molecule has 0 spiro atoms. The van der Waals surface area contributed by atoms with Crippen molar-refractivity contribution in [3.8, 4) is 5.75 Å². The Morgan fingerprint density at radius 2 is 1.90 bits per heavy atom. The zero-order valence-corrected chi connectivity index (χ0v) is 19.2. The SMILES string of the molecule is CCS(=O)(=O)Cc1cnc(NC(=O)c2ccccc2OC(C)OC(=O)C(C)(C)C)s1. The second-order valence-corrected chi connectivity index (χ2v) is 11.1. The number of anilines is 1. The van der Waals surface area contributed by atoms with Gasteiger partial charge in [0, 0.05) is 23.8 Å². The summed E-state index contributed by atoms with van der Waals surface area (Å²) in [5.41, 5.74) is -0.448. The molecule has 0 radical (unpaired) electrons. The van der Waals surface area contributed by atoms with Crippen molar-refractivity contribution in [1.82, 2.24) is 4.98 Å². The van der Waals surface area contributed by atoms with Crippen LogP contribution in [0.4, 0.5) is 5.13 Å². The van der Waals surface area contributed by atoms with Gasteiger partial charge in [-0.3, -0.25) is 14.9 Å². The first-order valence-corrected chi connectivity index (χ1v) is 12.0. The molecule has 1 unspecified atom stereocenters. The van der Waals surface area contributed by atoms with Crippen molar-refractivity contribution >= 4 is 38.2 Å². The molecule has 30 heavy (non-hydrogen) atoms. The zero-order chi connectivity index (χ0) is 22.5. The van der Waals surface area contributed by atoms with Gasteiger partial charge in [0.2, 0.25) is 6.29 Å². The number of esters is 1. The van der Waals surface area contributed by atoms with E-state index in [1.54, 1.807) is 58.9 Å². The van der Waals surface area contributed by atoms with Gasteiger partial charge in [-0.25, -0.2) is 13.4 Å². The lowest BCUT2D eigenvalue weighted by molar-refractivity contribution is -0.170. The summed E-state index contributed by atoms with van der Waals surface area (Å²) in [5.74, 6) is -0.731. The molecule has 1 aromatic heterocycles. The van der Waals surface area contributed by atoms with Gasteiger partial charge in [0.05, 0.1) is 16.7 Å². The molecule has 2 rings (SSSR count). The van der Waals surface area contributed by atoms with E-state index in [1.807, 2.05) is 0 Å². The van der Waals surface area contributed by atoms with Gasteiger partial charge < -0.3 is 9.47 Å². The fourth-order valence-electron chi connectivity index (χ4n) is 2.20. The third-order valence-corrected chi connectivity index (χ3v) is 6.61. The monoisotopic (exact) mass is 454 g/mol. The van der Waals surface area contributed by atoms with Gasteiger partial charge in [-0.1, -0.05) is 19.1 Å². The highest BCUT2D eigenvalue weighted by Crippen LogP contribution is 2.25. The lowest BCUT2D eigenvalue weighted by Crippen LogP contribution is -2.30. The van der Waals surface area contributed by atoms with Gasteiger partial charge in [-0.15, -0.1) is 11.3 Å². The van der Waals surface area contributed by atoms with Crippen LogP contribution in [-0.4, -0.2) is 37.3 Å². The summed E-state index contributed by atoms with van der Waals surface area (Å²) in [5, 5.41) is 2.93. The van der Waals surface area contributed by atoms with Crippen LogP contribution in [0.25, 0.3) is 0 Å². The Balaban J connectivity index is 2.09. The Hall–Kier alpha value is -2.46. The zero-order valence-electron chi connectivity index (χ0n) is 17.6. The number of hydrogen-bond donors (Lipinski definition) is 1. The van der Waals surface area contributed by atoms with Crippen molar-refractivity contribution in [2.75, 3.05) is 11.1 Å². The molecule has 0 aliphatic carbocycles. The van der Waals surface area contributed by atoms with Crippen molar-refractivity contribution in [3.63, 3.8) is 0 Å². The lowest BCUT2D eigenvalue weighted by atomic mass is 9.97. The quantitative estimate of drug-likeness (QED) is 0.479. The van der Waals surface area contributed by atoms with E-state index in [0.717, 1.165) is 11.3 Å². The molecule has 164 valence electrons. The number of thiazole rings is 1. The molecule has 0 saturated carbocycles. The van der Waals surface area contributed by atoms with E-state index >= 15 is 0 Å². The van der Waals surface area contributed by atoms with Gasteiger partial charge in [-0.2, -0.15) is 0 Å². The molecule has 0 aliphatic rings. The number of aromatic nitrogens is 1. The number of para-hydroxylation sites is 1. The molecular formula is C20H26N2O6S2. The standard InChI is InChI=1S/C20H26N2O6S2/c1-6-30(25,26)12-14-11-21-19(29-14)22-17(23)15-9-7-8-10-16(15)27-13(2)28-18(24)20(3,4)5/h7-11,13H,6,12H2,1-5H3,(H,21,22,23). The van der Waals surface area contributed by atoms with Crippen molar-refractivity contribution < 1.29 is 27.5 Å². The second-order valence-electron chi connectivity index (χ2n) is 7.60. The lowest BCUT2D eigenvalue weighted by Gasteiger charge is -2.22. The minimum absolute atomic E-state index is 0.0370. The van der Waals surface area contributed by atoms with Crippen LogP contribution in [-0.2, 0) is 25.1 Å². The van der Waals surface area contributed by atoms with E-state index in [0.29, 0.717) is 4.88 Å². The van der Waals surface area contributed by atoms with Crippen molar-refractivity contribution in [2.45, 2.75) is 46.7 Å². The van der Waals surface area contributed by atoms with Crippen LogP contribution in [0.15, 0.2) is 30.5 Å². The number of sulfone groups is 1. The maximum Gasteiger partial charge on any atom is 0.314 e. The highest BCUT2D eigenvalue weighted by molar-refractivity contribution is 7.90. The first-order valence-electron chi connectivity index (χ1n) is 9.34. The number of carbonyl (C=O) groups excluding carboxylic acids is 2. The maximum absolute atomic E-state index is 12.7. The molecule has 0 fully saturated rings. The summed E-state index contributed by atoms with van der Waals surface area (Å²) < 4.78 is 34.4. The van der Waals surface area contributed by atoms with Crippen molar-refractivity contribution in [3.05, 3.63) is 40.9 Å². The van der Waals surface area contributed by atoms with Crippen LogP contribution < -0.4 is 10.1 Å². The summed E-state index contributed by atoms with van der Waals surface area (Å²) in [6.45, 7) is 8.35. The highest BCUT2D eigenvalue weighted by Gasteiger charge is 2.26. The van der Waals surface area contributed by atoms with Crippen molar-refractivity contribution in [1.29, 1.82) is 0 Å². The third-order valence-electron chi connectivity index (χ3n) is 3.89. The molecular weight excluding hydrogens is 428 g/mol. The fraction of sp³-hybridized carbons (Fsp3) is 0.450. The van der Waals surface area contributed by atoms with E-state index in [9.17, 15) is 18.0 Å². The van der Waals surface area contributed by atoms with Gasteiger partial charge in [0.1, 0.15) is 5.75 Å². The Kier molecular flexibility index (Phi) is 7.59. The largest absolute Gasteiger partial charge is 0.454 e. The number of rotatable bonds is 8. The summed E-state index contributed by atoms with van der Waals surface area (Å²) >= 11 is 1.10. The molecule has 0 aliphatic heterocycles. The van der Waals surface area contributed by atoms with E-state index in [4.69, 9.17) is 9.47 Å². The normalized spacial score (nSPS) is 12.8. The van der Waals surface area contributed by atoms with Gasteiger partial charge in [0.15, 0.2) is 15.0 Å². The van der Waals surface area contributed by atoms with E-state index in [2.05, 4.69) is 10.3 Å². The molecule has 1 aromatic carbocycles. The average Bonchev–Trinajstić information content (AvgIpc) is 3.07. The van der Waals surface area contributed by atoms with Gasteiger partial charge >= 0.3 is 5.97 Å². The van der Waals surface area contributed by atoms with Crippen LogP contribution >= 0.6 is 11.3 Å². The number of ether oxygens (including phenoxy) is 2. The first-order chi connectivity index (χ1) is 13.9. The van der Waals surface area contributed by atoms with Crippen LogP contribution in [0.2, 0.25) is 0 Å². The first kappa shape index (κ1) is 23.8. The topological polar surface area (TPSA) is 112 Å². The van der Waals surface area contributed by atoms with Gasteiger partial charge in [0.25, 0.3) is 5.91 Å². The summed E-state index contributed by atoms with van der Waals surface area (Å²) in [7, 11) is -3.18. The predicted molar refractivity (Wildman–Crippen MR) is 115 cm³/mol. The third kappa shape index (κ3) is 6.81. The molecule has 0 bridgehead atoms. The Morgan fingerprint density at radius 3 is 2.53 bits per heavy atom. The summed E-state index contributed by atoms with van der Waals surface area (Å²) in [6.07, 6.45) is 0.542. The second kappa shape index (κ2) is 9.57. The number of carbonyl (C=O) groups is 2. The minimum atomic E-state index is -3.18. The molecule has 1 amide bonds. The Labute approximate surface area is 180 Å². The Morgan fingerprint density at radius 1 is 1.23 bits per heavy atom. The van der Waals surface area contributed by atoms with E-state index < -0.39 is 33.4 Å². The molecule has 10 heteroatoms. The van der Waals surface area contributed by atoms with Gasteiger partial charge in [-0.05, 0) is 32.9 Å². The van der Waals surface area contributed by atoms with Crippen LogP contribution in [0.3, 0.4) is 0 Å². The number of amides is 1. The summed E-state index contributed by atoms with van der Waals surface area (Å²) in [4.78, 5) is 29.3. The smallest absolute Gasteiger partial charge is 0.314 e. The van der Waals surface area contributed by atoms with Crippen LogP contribution in [0, 0.1) is 5.41 Å². The molecule has 1 atom stereocenters. The van der Waals surface area contributed by atoms with Crippen LogP contribution in [0.5, 0.6) is 5.75 Å². The van der Waals surface area contributed by atoms with Crippen LogP contribution in [0.1, 0.15) is 49.9 Å². The highest BCUT2D eigenvalue weighted by atomic mass is 32.2. The number of hydrogen-bond acceptors (Lipinski definition) is 8. The maximum atomic E-state index is 12.7. The minimum Gasteiger partial charge on any atom is -0.454 e. The van der Waals surface area contributed by atoms with E-state index in [1.165, 1.54) is 6.20 Å². The molecule has 1 N–H and O–H groups in total. The fourth-order valence-corrected chi connectivity index (χ4v) is 4.29. The molecule has 2 aromatic rings. The summed E-state index contributed by atoms with van der Waals surface area (Å²) in [6, 6.07) is 6.53. The predicted octanol–water partition coefficient (Wildman–Crippen LogP) is 3.64. The number of nitrogens with one attached hydrogen (secondary N) is 1. The van der Waals surface area contributed by atoms with Crippen molar-refractivity contribution in [2.24, 2.45) is 5.41 Å². The molecule has 1 heterocycles. The van der Waals surface area contributed by atoms with E-state index in [-0.39, 0.29) is 28.0 Å². The number of benzene rings is 1. The number of nitrogens with zero attached hydrogens (tertiary/aromatic N) is 1.